The van der Waals surface area contributed by atoms with Crippen molar-refractivity contribution in [2.24, 2.45) is 0 Å². The standard InChI is InChI=1S/C16H18ClN/c17-15-10-8-13(9-11-15)4-1-2-5-14-6-3-7-16(18)12-14/h3,6-12H,1-2,4-5,18H2. The molecule has 2 aromatic rings. The number of halogens is 1. The van der Waals surface area contributed by atoms with Gasteiger partial charge in [-0.15, -0.1) is 0 Å². The molecule has 0 heterocycles. The van der Waals surface area contributed by atoms with Crippen LogP contribution in [0.15, 0.2) is 48.5 Å². The van der Waals surface area contributed by atoms with Crippen LogP contribution in [0.3, 0.4) is 0 Å². The van der Waals surface area contributed by atoms with Gasteiger partial charge in [-0.2, -0.15) is 0 Å². The minimum atomic E-state index is 0.804. The van der Waals surface area contributed by atoms with Crippen molar-refractivity contribution in [2.45, 2.75) is 25.7 Å². The second-order valence-corrected chi connectivity index (χ2v) is 5.02. The van der Waals surface area contributed by atoms with Gasteiger partial charge in [0, 0.05) is 10.7 Å². The molecule has 0 aliphatic rings. The van der Waals surface area contributed by atoms with Crippen LogP contribution in [-0.2, 0) is 12.8 Å². The molecule has 0 radical (unpaired) electrons. The first-order valence-corrected chi connectivity index (χ1v) is 6.71. The Morgan fingerprint density at radius 3 is 2.17 bits per heavy atom. The molecule has 0 saturated heterocycles. The Hall–Kier alpha value is -1.47. The van der Waals surface area contributed by atoms with E-state index in [0.29, 0.717) is 0 Å². The number of nitrogens with two attached hydrogens (primary N) is 1. The lowest BCUT2D eigenvalue weighted by molar-refractivity contribution is 0.734. The largest absolute Gasteiger partial charge is 0.399 e. The highest BCUT2D eigenvalue weighted by Crippen LogP contribution is 2.14. The summed E-state index contributed by atoms with van der Waals surface area (Å²) < 4.78 is 0. The summed E-state index contributed by atoms with van der Waals surface area (Å²) in [5.41, 5.74) is 9.29. The van der Waals surface area contributed by atoms with Crippen molar-refractivity contribution in [3.8, 4) is 0 Å². The van der Waals surface area contributed by atoms with E-state index in [2.05, 4.69) is 24.3 Å². The molecule has 2 heteroatoms. The Kier molecular flexibility index (Phi) is 4.66. The number of anilines is 1. The molecule has 0 unspecified atom stereocenters. The minimum absolute atomic E-state index is 0.804. The molecule has 1 nitrogen and oxygen atoms in total. The summed E-state index contributed by atoms with van der Waals surface area (Å²) in [6, 6.07) is 16.2. The van der Waals surface area contributed by atoms with Crippen LogP contribution in [0.1, 0.15) is 24.0 Å². The van der Waals surface area contributed by atoms with Crippen LogP contribution in [0.4, 0.5) is 5.69 Å². The smallest absolute Gasteiger partial charge is 0.0406 e. The van der Waals surface area contributed by atoms with Crippen LogP contribution >= 0.6 is 11.6 Å². The van der Waals surface area contributed by atoms with E-state index < -0.39 is 0 Å². The molecule has 0 saturated carbocycles. The number of nitrogen functional groups attached to an aromatic ring is 1. The van der Waals surface area contributed by atoms with E-state index in [1.807, 2.05) is 24.3 Å². The maximum Gasteiger partial charge on any atom is 0.0406 e. The highest BCUT2D eigenvalue weighted by molar-refractivity contribution is 6.30. The van der Waals surface area contributed by atoms with Crippen molar-refractivity contribution in [2.75, 3.05) is 5.73 Å². The maximum absolute atomic E-state index is 5.86. The topological polar surface area (TPSA) is 26.0 Å². The van der Waals surface area contributed by atoms with Crippen molar-refractivity contribution in [1.29, 1.82) is 0 Å². The summed E-state index contributed by atoms with van der Waals surface area (Å²) in [6.45, 7) is 0. The third kappa shape index (κ3) is 4.08. The summed E-state index contributed by atoms with van der Waals surface area (Å²) in [5.74, 6) is 0. The van der Waals surface area contributed by atoms with Gasteiger partial charge in [0.2, 0.25) is 0 Å². The predicted molar refractivity (Wildman–Crippen MR) is 78.9 cm³/mol. The van der Waals surface area contributed by atoms with Gasteiger partial charge in [-0.25, -0.2) is 0 Å². The highest BCUT2D eigenvalue weighted by Gasteiger charge is 1.96. The second kappa shape index (κ2) is 6.46. The number of benzene rings is 2. The van der Waals surface area contributed by atoms with E-state index in [-0.39, 0.29) is 0 Å². The van der Waals surface area contributed by atoms with Gasteiger partial charge in [-0.05, 0) is 61.1 Å². The van der Waals surface area contributed by atoms with Crippen LogP contribution in [0.25, 0.3) is 0 Å². The molecule has 2 rings (SSSR count). The fraction of sp³-hybridized carbons (Fsp3) is 0.250. The molecule has 0 fully saturated rings. The van der Waals surface area contributed by atoms with Gasteiger partial charge in [-0.3, -0.25) is 0 Å². The Labute approximate surface area is 114 Å². The molecule has 0 amide bonds. The van der Waals surface area contributed by atoms with Crippen LogP contribution in [0.5, 0.6) is 0 Å². The van der Waals surface area contributed by atoms with E-state index in [1.54, 1.807) is 0 Å². The second-order valence-electron chi connectivity index (χ2n) is 4.58. The number of unbranched alkanes of at least 4 members (excludes halogenated alkanes) is 1. The quantitative estimate of drug-likeness (QED) is 0.621. The van der Waals surface area contributed by atoms with Crippen molar-refractivity contribution in [1.82, 2.24) is 0 Å². The fourth-order valence-corrected chi connectivity index (χ4v) is 2.18. The van der Waals surface area contributed by atoms with Crippen molar-refractivity contribution >= 4 is 17.3 Å². The number of hydrogen-bond donors (Lipinski definition) is 1. The zero-order valence-corrected chi connectivity index (χ0v) is 11.2. The summed E-state index contributed by atoms with van der Waals surface area (Å²) >= 11 is 5.86. The fourth-order valence-electron chi connectivity index (χ4n) is 2.06. The molecule has 0 bridgehead atoms. The molecule has 0 atom stereocenters. The van der Waals surface area contributed by atoms with Crippen LogP contribution in [0, 0.1) is 0 Å². The Bertz CT molecular complexity index is 491. The van der Waals surface area contributed by atoms with E-state index >= 15 is 0 Å². The van der Waals surface area contributed by atoms with Gasteiger partial charge >= 0.3 is 0 Å². The molecular formula is C16H18ClN. The molecule has 0 aromatic heterocycles. The number of rotatable bonds is 5. The maximum atomic E-state index is 5.86. The Morgan fingerprint density at radius 2 is 1.50 bits per heavy atom. The number of hydrogen-bond acceptors (Lipinski definition) is 1. The average Bonchev–Trinajstić information content (AvgIpc) is 2.37. The summed E-state index contributed by atoms with van der Waals surface area (Å²) in [4.78, 5) is 0. The average molecular weight is 260 g/mol. The van der Waals surface area contributed by atoms with Gasteiger partial charge in [0.1, 0.15) is 0 Å². The van der Waals surface area contributed by atoms with Gasteiger partial charge in [0.25, 0.3) is 0 Å². The zero-order valence-electron chi connectivity index (χ0n) is 10.4. The third-order valence-electron chi connectivity index (χ3n) is 3.05. The van der Waals surface area contributed by atoms with Crippen LogP contribution < -0.4 is 5.73 Å². The first-order valence-electron chi connectivity index (χ1n) is 6.33. The normalized spacial score (nSPS) is 10.5. The SMILES string of the molecule is Nc1cccc(CCCCc2ccc(Cl)cc2)c1. The monoisotopic (exact) mass is 259 g/mol. The van der Waals surface area contributed by atoms with Gasteiger partial charge in [0.15, 0.2) is 0 Å². The lowest BCUT2D eigenvalue weighted by atomic mass is 10.0. The summed E-state index contributed by atoms with van der Waals surface area (Å²) in [5, 5.41) is 0.804. The van der Waals surface area contributed by atoms with Gasteiger partial charge in [-0.1, -0.05) is 35.9 Å². The summed E-state index contributed by atoms with van der Waals surface area (Å²) in [6.07, 6.45) is 4.58. The Morgan fingerprint density at radius 1 is 0.833 bits per heavy atom. The van der Waals surface area contributed by atoms with E-state index in [9.17, 15) is 0 Å². The van der Waals surface area contributed by atoms with Crippen molar-refractivity contribution in [3.63, 3.8) is 0 Å². The van der Waals surface area contributed by atoms with E-state index in [0.717, 1.165) is 23.6 Å². The predicted octanol–water partition coefficient (Wildman–Crippen LogP) is 4.49. The molecular weight excluding hydrogens is 242 g/mol. The molecule has 2 aromatic carbocycles. The van der Waals surface area contributed by atoms with Gasteiger partial charge in [0.05, 0.1) is 0 Å². The molecule has 0 aliphatic heterocycles. The summed E-state index contributed by atoms with van der Waals surface area (Å²) in [7, 11) is 0. The minimum Gasteiger partial charge on any atom is -0.399 e. The molecule has 94 valence electrons. The van der Waals surface area contributed by atoms with Crippen LogP contribution in [0.2, 0.25) is 5.02 Å². The molecule has 18 heavy (non-hydrogen) atoms. The lowest BCUT2D eigenvalue weighted by Crippen LogP contribution is -1.91. The number of aryl methyl sites for hydroxylation is 2. The molecule has 0 spiro atoms. The third-order valence-corrected chi connectivity index (χ3v) is 3.30. The van der Waals surface area contributed by atoms with Gasteiger partial charge < -0.3 is 5.73 Å². The lowest BCUT2D eigenvalue weighted by Gasteiger charge is -2.03. The van der Waals surface area contributed by atoms with Crippen molar-refractivity contribution < 1.29 is 0 Å². The molecule has 0 aliphatic carbocycles. The highest BCUT2D eigenvalue weighted by atomic mass is 35.5. The van der Waals surface area contributed by atoms with Crippen molar-refractivity contribution in [3.05, 3.63) is 64.7 Å². The first kappa shape index (κ1) is 13.0. The zero-order chi connectivity index (χ0) is 12.8. The van der Waals surface area contributed by atoms with E-state index in [1.165, 1.54) is 24.0 Å². The molecule has 2 N–H and O–H groups in total. The Balaban J connectivity index is 1.74. The van der Waals surface area contributed by atoms with Crippen LogP contribution in [-0.4, -0.2) is 0 Å². The first-order chi connectivity index (χ1) is 8.74. The van der Waals surface area contributed by atoms with E-state index in [4.69, 9.17) is 17.3 Å².